The van der Waals surface area contributed by atoms with Gasteiger partial charge in [0.05, 0.1) is 21.5 Å². The number of rotatable bonds is 4. The van der Waals surface area contributed by atoms with E-state index in [0.29, 0.717) is 11.0 Å². The van der Waals surface area contributed by atoms with Crippen molar-refractivity contribution in [3.05, 3.63) is 44.8 Å². The third-order valence-electron chi connectivity index (χ3n) is 5.37. The Morgan fingerprint density at radius 3 is 2.44 bits per heavy atom. The van der Waals surface area contributed by atoms with E-state index >= 15 is 0 Å². The molecule has 0 aliphatic heterocycles. The fraction of sp³-hybridized carbons (Fsp3) is 0.444. The number of hydrogen-bond donors (Lipinski definition) is 1. The molecule has 7 nitrogen and oxygen atoms in total. The number of fused-ring (bicyclic) bond motifs is 1. The second kappa shape index (κ2) is 6.29. The van der Waals surface area contributed by atoms with Crippen LogP contribution >= 0.6 is 11.3 Å². The molecule has 2 aromatic heterocycles. The first-order chi connectivity index (χ1) is 12.7. The molecule has 0 bridgehead atoms. The molecule has 0 unspecified atom stereocenters. The van der Waals surface area contributed by atoms with Gasteiger partial charge in [0, 0.05) is 25.2 Å². The lowest BCUT2D eigenvalue weighted by Gasteiger charge is -2.27. The molecule has 1 saturated carbocycles. The Morgan fingerprint density at radius 1 is 1.15 bits per heavy atom. The summed E-state index contributed by atoms with van der Waals surface area (Å²) in [5.74, 6) is 0. The zero-order valence-corrected chi connectivity index (χ0v) is 17.2. The molecule has 3 aromatic rings. The van der Waals surface area contributed by atoms with E-state index in [0.717, 1.165) is 36.4 Å². The Labute approximate surface area is 161 Å². The molecule has 0 amide bonds. The van der Waals surface area contributed by atoms with E-state index in [9.17, 15) is 13.2 Å². The number of nitrogens with zero attached hydrogens (tertiary/aromatic N) is 3. The summed E-state index contributed by atoms with van der Waals surface area (Å²) in [6.07, 6.45) is 3.41. The normalized spacial score (nSPS) is 17.0. The molecule has 27 heavy (non-hydrogen) atoms. The van der Waals surface area contributed by atoms with Crippen LogP contribution in [0.15, 0.2) is 33.3 Å². The van der Waals surface area contributed by atoms with Crippen molar-refractivity contribution in [3.8, 4) is 0 Å². The van der Waals surface area contributed by atoms with Crippen LogP contribution in [0.1, 0.15) is 36.4 Å². The van der Waals surface area contributed by atoms with Crippen LogP contribution in [0.25, 0.3) is 11.0 Å². The predicted octanol–water partition coefficient (Wildman–Crippen LogP) is 2.39. The molecule has 0 atom stereocenters. The van der Waals surface area contributed by atoms with Crippen molar-refractivity contribution in [2.75, 3.05) is 0 Å². The number of benzene rings is 1. The van der Waals surface area contributed by atoms with Gasteiger partial charge in [-0.25, -0.2) is 18.2 Å². The van der Waals surface area contributed by atoms with E-state index < -0.39 is 15.6 Å². The standard InChI is InChI=1S/C18H22N4O3S2/c1-12-11-26-16(19-12)18(8-4-5-9-18)20-27(24,25)13-6-7-14-15(10-13)22(3)17(23)21(14)2/h6-7,10-11,20H,4-5,8-9H2,1-3H3. The van der Waals surface area contributed by atoms with Crippen LogP contribution < -0.4 is 10.4 Å². The van der Waals surface area contributed by atoms with Gasteiger partial charge in [-0.05, 0) is 38.0 Å². The molecule has 0 spiro atoms. The summed E-state index contributed by atoms with van der Waals surface area (Å²) in [6, 6.07) is 4.80. The average molecular weight is 407 g/mol. The van der Waals surface area contributed by atoms with Gasteiger partial charge >= 0.3 is 5.69 Å². The SMILES string of the molecule is Cc1csc(C2(NS(=O)(=O)c3ccc4c(c3)n(C)c(=O)n4C)CCCC2)n1. The topological polar surface area (TPSA) is 86.0 Å². The average Bonchev–Trinajstić information content (AvgIpc) is 3.32. The minimum absolute atomic E-state index is 0.163. The van der Waals surface area contributed by atoms with Crippen LogP contribution in [0.3, 0.4) is 0 Å². The lowest BCUT2D eigenvalue weighted by atomic mass is 10.0. The van der Waals surface area contributed by atoms with Gasteiger partial charge in [0.2, 0.25) is 10.0 Å². The lowest BCUT2D eigenvalue weighted by Crippen LogP contribution is -2.43. The van der Waals surface area contributed by atoms with Crippen molar-refractivity contribution in [3.63, 3.8) is 0 Å². The van der Waals surface area contributed by atoms with Crippen molar-refractivity contribution in [1.82, 2.24) is 18.8 Å². The molecule has 0 saturated heterocycles. The van der Waals surface area contributed by atoms with Crippen LogP contribution in [-0.4, -0.2) is 22.5 Å². The maximum absolute atomic E-state index is 13.2. The summed E-state index contributed by atoms with van der Waals surface area (Å²) in [5, 5.41) is 2.78. The van der Waals surface area contributed by atoms with E-state index in [4.69, 9.17) is 0 Å². The highest BCUT2D eigenvalue weighted by molar-refractivity contribution is 7.89. The van der Waals surface area contributed by atoms with Crippen molar-refractivity contribution < 1.29 is 8.42 Å². The third kappa shape index (κ3) is 2.94. The first kappa shape index (κ1) is 18.4. The van der Waals surface area contributed by atoms with Crippen molar-refractivity contribution in [1.29, 1.82) is 0 Å². The highest BCUT2D eigenvalue weighted by Crippen LogP contribution is 2.41. The Kier molecular flexibility index (Phi) is 4.28. The summed E-state index contributed by atoms with van der Waals surface area (Å²) < 4.78 is 32.3. The number of aryl methyl sites for hydroxylation is 3. The first-order valence-corrected chi connectivity index (χ1v) is 11.2. The van der Waals surface area contributed by atoms with Gasteiger partial charge in [-0.15, -0.1) is 11.3 Å². The highest BCUT2D eigenvalue weighted by atomic mass is 32.2. The highest BCUT2D eigenvalue weighted by Gasteiger charge is 2.42. The molecular formula is C18H22N4O3S2. The number of nitrogens with one attached hydrogen (secondary N) is 1. The third-order valence-corrected chi connectivity index (χ3v) is 8.07. The number of sulfonamides is 1. The largest absolute Gasteiger partial charge is 0.328 e. The molecule has 4 rings (SSSR count). The van der Waals surface area contributed by atoms with Gasteiger partial charge in [0.25, 0.3) is 0 Å². The van der Waals surface area contributed by atoms with E-state index in [2.05, 4.69) is 9.71 Å². The Balaban J connectivity index is 1.78. The molecule has 1 aliphatic rings. The molecular weight excluding hydrogens is 384 g/mol. The molecule has 9 heteroatoms. The summed E-state index contributed by atoms with van der Waals surface area (Å²) >= 11 is 1.50. The smallest absolute Gasteiger partial charge is 0.295 e. The quantitative estimate of drug-likeness (QED) is 0.721. The van der Waals surface area contributed by atoms with Crippen LogP contribution in [0.2, 0.25) is 0 Å². The monoisotopic (exact) mass is 406 g/mol. The van der Waals surface area contributed by atoms with E-state index in [1.807, 2.05) is 12.3 Å². The molecule has 0 radical (unpaired) electrons. The number of imidazole rings is 1. The Hall–Kier alpha value is -1.97. The van der Waals surface area contributed by atoms with Crippen molar-refractivity contribution in [2.24, 2.45) is 14.1 Å². The van der Waals surface area contributed by atoms with Crippen LogP contribution in [0.4, 0.5) is 0 Å². The summed E-state index contributed by atoms with van der Waals surface area (Å²) in [5.41, 5.74) is 1.37. The van der Waals surface area contributed by atoms with E-state index in [1.54, 1.807) is 32.3 Å². The summed E-state index contributed by atoms with van der Waals surface area (Å²) in [4.78, 5) is 16.8. The van der Waals surface area contributed by atoms with Crippen LogP contribution in [0, 0.1) is 6.92 Å². The maximum atomic E-state index is 13.2. The van der Waals surface area contributed by atoms with Gasteiger partial charge in [-0.3, -0.25) is 9.13 Å². The minimum Gasteiger partial charge on any atom is -0.295 e. The van der Waals surface area contributed by atoms with Gasteiger partial charge in [-0.2, -0.15) is 4.72 Å². The van der Waals surface area contributed by atoms with Crippen molar-refractivity contribution >= 4 is 32.4 Å². The maximum Gasteiger partial charge on any atom is 0.328 e. The minimum atomic E-state index is -3.76. The fourth-order valence-corrected chi connectivity index (χ4v) is 6.41. The second-order valence-corrected chi connectivity index (χ2v) is 9.78. The molecule has 1 fully saturated rings. The van der Waals surface area contributed by atoms with Crippen LogP contribution in [0.5, 0.6) is 0 Å². The molecule has 144 valence electrons. The van der Waals surface area contributed by atoms with Crippen LogP contribution in [-0.2, 0) is 29.7 Å². The predicted molar refractivity (Wildman–Crippen MR) is 105 cm³/mol. The lowest BCUT2D eigenvalue weighted by molar-refractivity contribution is 0.402. The van der Waals surface area contributed by atoms with Crippen molar-refractivity contribution in [2.45, 2.75) is 43.0 Å². The molecule has 1 N–H and O–H groups in total. The van der Waals surface area contributed by atoms with Gasteiger partial charge in [-0.1, -0.05) is 12.8 Å². The summed E-state index contributed by atoms with van der Waals surface area (Å²) in [7, 11) is -0.441. The Morgan fingerprint density at radius 2 is 1.81 bits per heavy atom. The number of thiazole rings is 1. The summed E-state index contributed by atoms with van der Waals surface area (Å²) in [6.45, 7) is 1.92. The van der Waals surface area contributed by atoms with E-state index in [1.165, 1.54) is 20.5 Å². The zero-order valence-electron chi connectivity index (χ0n) is 15.5. The molecule has 1 aliphatic carbocycles. The fourth-order valence-electron chi connectivity index (χ4n) is 3.88. The molecule has 1 aromatic carbocycles. The molecule has 2 heterocycles. The van der Waals surface area contributed by atoms with Gasteiger partial charge < -0.3 is 0 Å². The first-order valence-electron chi connectivity index (χ1n) is 8.86. The second-order valence-electron chi connectivity index (χ2n) is 7.24. The number of hydrogen-bond acceptors (Lipinski definition) is 5. The van der Waals surface area contributed by atoms with Gasteiger partial charge in [0.15, 0.2) is 0 Å². The Bertz CT molecular complexity index is 1180. The number of aromatic nitrogens is 3. The van der Waals surface area contributed by atoms with E-state index in [-0.39, 0.29) is 10.6 Å². The zero-order chi connectivity index (χ0) is 19.4. The van der Waals surface area contributed by atoms with Gasteiger partial charge in [0.1, 0.15) is 5.01 Å².